The van der Waals surface area contributed by atoms with Crippen LogP contribution in [0.3, 0.4) is 0 Å². The summed E-state index contributed by atoms with van der Waals surface area (Å²) in [4.78, 5) is 0. The molecule has 2 unspecified atom stereocenters. The number of rotatable bonds is 5. The number of hydrogen-bond acceptors (Lipinski definition) is 3. The molecule has 0 radical (unpaired) electrons. The summed E-state index contributed by atoms with van der Waals surface area (Å²) in [6.45, 7) is 1.68. The van der Waals surface area contributed by atoms with Gasteiger partial charge in [-0.05, 0) is 17.5 Å². The van der Waals surface area contributed by atoms with E-state index in [1.807, 2.05) is 12.1 Å². The lowest BCUT2D eigenvalue weighted by atomic mass is 10.0. The predicted molar refractivity (Wildman–Crippen MR) is 58.5 cm³/mol. The van der Waals surface area contributed by atoms with Gasteiger partial charge in [0.1, 0.15) is 12.2 Å². The SMILES string of the molecule is CCCc1ccc(C(O)C(O)CO)cc1. The molecule has 3 nitrogen and oxygen atoms in total. The summed E-state index contributed by atoms with van der Waals surface area (Å²) < 4.78 is 0. The number of benzene rings is 1. The Morgan fingerprint density at radius 1 is 1.13 bits per heavy atom. The molecule has 2 atom stereocenters. The quantitative estimate of drug-likeness (QED) is 0.680. The highest BCUT2D eigenvalue weighted by atomic mass is 16.4. The van der Waals surface area contributed by atoms with Gasteiger partial charge in [0.05, 0.1) is 6.61 Å². The Hall–Kier alpha value is -0.900. The van der Waals surface area contributed by atoms with Gasteiger partial charge in [-0.15, -0.1) is 0 Å². The van der Waals surface area contributed by atoms with Crippen molar-refractivity contribution in [2.24, 2.45) is 0 Å². The molecule has 0 amide bonds. The first kappa shape index (κ1) is 12.2. The maximum absolute atomic E-state index is 9.60. The van der Waals surface area contributed by atoms with E-state index in [0.29, 0.717) is 5.56 Å². The van der Waals surface area contributed by atoms with E-state index in [9.17, 15) is 10.2 Å². The molecule has 0 aliphatic rings. The molecule has 1 aromatic carbocycles. The molecule has 0 bridgehead atoms. The van der Waals surface area contributed by atoms with Gasteiger partial charge in [-0.1, -0.05) is 37.6 Å². The Balaban J connectivity index is 2.70. The molecular formula is C12H18O3. The van der Waals surface area contributed by atoms with E-state index in [4.69, 9.17) is 5.11 Å². The first-order valence-corrected chi connectivity index (χ1v) is 5.24. The molecule has 0 aliphatic heterocycles. The van der Waals surface area contributed by atoms with Gasteiger partial charge in [0.25, 0.3) is 0 Å². The van der Waals surface area contributed by atoms with Crippen molar-refractivity contribution >= 4 is 0 Å². The van der Waals surface area contributed by atoms with Crippen LogP contribution in [-0.4, -0.2) is 28.0 Å². The molecular weight excluding hydrogens is 192 g/mol. The molecule has 0 fully saturated rings. The lowest BCUT2D eigenvalue weighted by molar-refractivity contribution is -0.0152. The zero-order valence-corrected chi connectivity index (χ0v) is 8.93. The van der Waals surface area contributed by atoms with Crippen LogP contribution in [0.4, 0.5) is 0 Å². The molecule has 3 heteroatoms. The molecule has 0 saturated heterocycles. The summed E-state index contributed by atoms with van der Waals surface area (Å²) in [5, 5.41) is 27.5. The lowest BCUT2D eigenvalue weighted by Crippen LogP contribution is -2.21. The maximum atomic E-state index is 9.60. The van der Waals surface area contributed by atoms with Gasteiger partial charge < -0.3 is 15.3 Å². The average Bonchev–Trinajstić information content (AvgIpc) is 2.28. The number of hydrogen-bond donors (Lipinski definition) is 3. The Labute approximate surface area is 90.0 Å². The van der Waals surface area contributed by atoms with Crippen molar-refractivity contribution in [1.82, 2.24) is 0 Å². The van der Waals surface area contributed by atoms with Crippen molar-refractivity contribution in [3.8, 4) is 0 Å². The van der Waals surface area contributed by atoms with Crippen molar-refractivity contribution in [2.75, 3.05) is 6.61 Å². The third kappa shape index (κ3) is 3.30. The smallest absolute Gasteiger partial charge is 0.107 e. The summed E-state index contributed by atoms with van der Waals surface area (Å²) in [5.74, 6) is 0. The second-order valence-electron chi connectivity index (χ2n) is 3.69. The van der Waals surface area contributed by atoms with Crippen LogP contribution < -0.4 is 0 Å². The first-order valence-electron chi connectivity index (χ1n) is 5.24. The van der Waals surface area contributed by atoms with E-state index >= 15 is 0 Å². The van der Waals surface area contributed by atoms with Crippen LogP contribution >= 0.6 is 0 Å². The van der Waals surface area contributed by atoms with Crippen molar-refractivity contribution in [1.29, 1.82) is 0 Å². The Kier molecular flexibility index (Phi) is 4.75. The minimum Gasteiger partial charge on any atom is -0.394 e. The van der Waals surface area contributed by atoms with E-state index in [-0.39, 0.29) is 0 Å². The Morgan fingerprint density at radius 2 is 1.73 bits per heavy atom. The topological polar surface area (TPSA) is 60.7 Å². The predicted octanol–water partition coefficient (Wildman–Crippen LogP) is 1.03. The van der Waals surface area contributed by atoms with E-state index in [0.717, 1.165) is 12.8 Å². The molecule has 0 spiro atoms. The van der Waals surface area contributed by atoms with Gasteiger partial charge in [-0.25, -0.2) is 0 Å². The first-order chi connectivity index (χ1) is 7.19. The van der Waals surface area contributed by atoms with Gasteiger partial charge >= 0.3 is 0 Å². The summed E-state index contributed by atoms with van der Waals surface area (Å²) in [5.41, 5.74) is 1.85. The zero-order chi connectivity index (χ0) is 11.3. The highest BCUT2D eigenvalue weighted by Crippen LogP contribution is 2.17. The summed E-state index contributed by atoms with van der Waals surface area (Å²) >= 11 is 0. The second-order valence-corrected chi connectivity index (χ2v) is 3.69. The molecule has 1 rings (SSSR count). The number of aryl methyl sites for hydroxylation is 1. The van der Waals surface area contributed by atoms with E-state index in [1.54, 1.807) is 12.1 Å². The number of aliphatic hydroxyl groups is 3. The monoisotopic (exact) mass is 210 g/mol. The highest BCUT2D eigenvalue weighted by molar-refractivity contribution is 5.24. The third-order valence-corrected chi connectivity index (χ3v) is 2.41. The van der Waals surface area contributed by atoms with Gasteiger partial charge in [-0.3, -0.25) is 0 Å². The summed E-state index contributed by atoms with van der Waals surface area (Å²) in [7, 11) is 0. The fourth-order valence-electron chi connectivity index (χ4n) is 1.49. The fourth-order valence-corrected chi connectivity index (χ4v) is 1.49. The largest absolute Gasteiger partial charge is 0.394 e. The van der Waals surface area contributed by atoms with Gasteiger partial charge in [0.15, 0.2) is 0 Å². The Bertz CT molecular complexity index is 281. The zero-order valence-electron chi connectivity index (χ0n) is 8.93. The summed E-state index contributed by atoms with van der Waals surface area (Å²) in [6, 6.07) is 7.45. The minimum atomic E-state index is -1.11. The molecule has 15 heavy (non-hydrogen) atoms. The van der Waals surface area contributed by atoms with Gasteiger partial charge in [0, 0.05) is 0 Å². The number of aliphatic hydroxyl groups excluding tert-OH is 3. The molecule has 1 aromatic rings. The molecule has 0 aromatic heterocycles. The van der Waals surface area contributed by atoms with Crippen molar-refractivity contribution < 1.29 is 15.3 Å². The fraction of sp³-hybridized carbons (Fsp3) is 0.500. The van der Waals surface area contributed by atoms with Crippen molar-refractivity contribution in [3.05, 3.63) is 35.4 Å². The maximum Gasteiger partial charge on any atom is 0.107 e. The molecule has 0 aliphatic carbocycles. The van der Waals surface area contributed by atoms with Crippen molar-refractivity contribution in [2.45, 2.75) is 32.0 Å². The third-order valence-electron chi connectivity index (χ3n) is 2.41. The molecule has 3 N–H and O–H groups in total. The van der Waals surface area contributed by atoms with Gasteiger partial charge in [-0.2, -0.15) is 0 Å². The lowest BCUT2D eigenvalue weighted by Gasteiger charge is -2.16. The molecule has 84 valence electrons. The molecule has 0 heterocycles. The van der Waals surface area contributed by atoms with Crippen LogP contribution in [0.2, 0.25) is 0 Å². The van der Waals surface area contributed by atoms with Crippen LogP contribution in [0.5, 0.6) is 0 Å². The average molecular weight is 210 g/mol. The standard InChI is InChI=1S/C12H18O3/c1-2-3-9-4-6-10(7-5-9)12(15)11(14)8-13/h4-7,11-15H,2-3,8H2,1H3. The Morgan fingerprint density at radius 3 is 2.20 bits per heavy atom. The van der Waals surface area contributed by atoms with Crippen LogP contribution in [0, 0.1) is 0 Å². The van der Waals surface area contributed by atoms with Crippen molar-refractivity contribution in [3.63, 3.8) is 0 Å². The molecule has 0 saturated carbocycles. The van der Waals surface area contributed by atoms with Crippen LogP contribution in [0.25, 0.3) is 0 Å². The van der Waals surface area contributed by atoms with Crippen LogP contribution in [-0.2, 0) is 6.42 Å². The van der Waals surface area contributed by atoms with E-state index in [1.165, 1.54) is 5.56 Å². The summed E-state index contributed by atoms with van der Waals surface area (Å²) in [6.07, 6.45) is -0.0206. The normalized spacial score (nSPS) is 14.9. The van der Waals surface area contributed by atoms with Crippen LogP contribution in [0.15, 0.2) is 24.3 Å². The van der Waals surface area contributed by atoms with E-state index < -0.39 is 18.8 Å². The minimum absolute atomic E-state index is 0.433. The highest BCUT2D eigenvalue weighted by Gasteiger charge is 2.16. The second kappa shape index (κ2) is 5.85. The van der Waals surface area contributed by atoms with E-state index in [2.05, 4.69) is 6.92 Å². The van der Waals surface area contributed by atoms with Crippen LogP contribution in [0.1, 0.15) is 30.6 Å². The van der Waals surface area contributed by atoms with Gasteiger partial charge in [0.2, 0.25) is 0 Å².